The Bertz CT molecular complexity index is 943. The third-order valence-corrected chi connectivity index (χ3v) is 5.01. The molecule has 0 amide bonds. The summed E-state index contributed by atoms with van der Waals surface area (Å²) in [6, 6.07) is 15.0. The van der Waals surface area contributed by atoms with Gasteiger partial charge in [0, 0.05) is 34.9 Å². The fraction of sp³-hybridized carbons (Fsp3) is 0.350. The quantitative estimate of drug-likeness (QED) is 0.710. The standard InChI is InChI=1S/C20H22N2O2.ClH/c1-13-11-24-12-14(2)22(13)10-15-7-8-17-16-5-3-4-6-18(16)20(23)21-19(17)9-15;/h3-9,13-14H,10-12H2,1-2H3,(H,21,23);1H/t13-,14-;/m0./s1. The number of benzene rings is 2. The van der Waals surface area contributed by atoms with E-state index >= 15 is 0 Å². The fourth-order valence-corrected chi connectivity index (χ4v) is 3.69. The number of pyridine rings is 1. The van der Waals surface area contributed by atoms with E-state index in [0.717, 1.165) is 41.4 Å². The van der Waals surface area contributed by atoms with Crippen molar-refractivity contribution in [3.8, 4) is 0 Å². The van der Waals surface area contributed by atoms with Crippen molar-refractivity contribution < 1.29 is 4.74 Å². The Kier molecular flexibility index (Phi) is 5.13. The lowest BCUT2D eigenvalue weighted by atomic mass is 10.0. The first kappa shape index (κ1) is 17.9. The molecule has 1 aromatic heterocycles. The van der Waals surface area contributed by atoms with Gasteiger partial charge in [0.1, 0.15) is 0 Å². The van der Waals surface area contributed by atoms with Crippen molar-refractivity contribution in [2.75, 3.05) is 13.2 Å². The highest BCUT2D eigenvalue weighted by Gasteiger charge is 2.25. The molecule has 132 valence electrons. The van der Waals surface area contributed by atoms with Gasteiger partial charge in [-0.1, -0.05) is 30.3 Å². The molecule has 1 N–H and O–H groups in total. The zero-order valence-corrected chi connectivity index (χ0v) is 15.3. The van der Waals surface area contributed by atoms with E-state index in [2.05, 4.69) is 41.9 Å². The molecule has 0 aliphatic carbocycles. The molecule has 5 heteroatoms. The normalized spacial score (nSPS) is 21.4. The van der Waals surface area contributed by atoms with Crippen molar-refractivity contribution >= 4 is 34.1 Å². The average molecular weight is 359 g/mol. The van der Waals surface area contributed by atoms with Crippen molar-refractivity contribution in [2.24, 2.45) is 0 Å². The molecule has 2 atom stereocenters. The third kappa shape index (κ3) is 3.30. The number of morpholine rings is 1. The summed E-state index contributed by atoms with van der Waals surface area (Å²) in [4.78, 5) is 17.8. The van der Waals surface area contributed by atoms with Crippen LogP contribution in [0.1, 0.15) is 19.4 Å². The molecule has 2 aromatic carbocycles. The lowest BCUT2D eigenvalue weighted by Crippen LogP contribution is -2.48. The number of H-pyrrole nitrogens is 1. The number of nitrogens with one attached hydrogen (secondary N) is 1. The van der Waals surface area contributed by atoms with E-state index in [9.17, 15) is 4.79 Å². The molecular weight excluding hydrogens is 336 g/mol. The Hall–Kier alpha value is -1.88. The SMILES string of the molecule is C[C@H]1COC[C@H](C)N1Cc1ccc2c(c1)[nH]c(=O)c1ccccc12.Cl. The van der Waals surface area contributed by atoms with Gasteiger partial charge in [-0.2, -0.15) is 0 Å². The predicted octanol–water partition coefficient (Wildman–Crippen LogP) is 3.71. The van der Waals surface area contributed by atoms with Crippen molar-refractivity contribution in [1.82, 2.24) is 9.88 Å². The van der Waals surface area contributed by atoms with Gasteiger partial charge in [0.25, 0.3) is 5.56 Å². The molecule has 1 aliphatic rings. The van der Waals surface area contributed by atoms with Gasteiger partial charge in [0.2, 0.25) is 0 Å². The molecule has 4 rings (SSSR count). The highest BCUT2D eigenvalue weighted by atomic mass is 35.5. The molecule has 25 heavy (non-hydrogen) atoms. The summed E-state index contributed by atoms with van der Waals surface area (Å²) in [5.41, 5.74) is 2.10. The zero-order valence-electron chi connectivity index (χ0n) is 14.5. The molecule has 3 aromatic rings. The molecule has 1 fully saturated rings. The van der Waals surface area contributed by atoms with E-state index in [1.807, 2.05) is 24.3 Å². The van der Waals surface area contributed by atoms with Gasteiger partial charge in [-0.3, -0.25) is 9.69 Å². The Labute approximate surface area is 153 Å². The Morgan fingerprint density at radius 3 is 2.44 bits per heavy atom. The van der Waals surface area contributed by atoms with Crippen LogP contribution in [0.5, 0.6) is 0 Å². The van der Waals surface area contributed by atoms with Gasteiger partial charge in [0.05, 0.1) is 13.2 Å². The first-order chi connectivity index (χ1) is 11.6. The summed E-state index contributed by atoms with van der Waals surface area (Å²) in [6.45, 7) is 6.83. The smallest absolute Gasteiger partial charge is 0.256 e. The third-order valence-electron chi connectivity index (χ3n) is 5.01. The van der Waals surface area contributed by atoms with Gasteiger partial charge >= 0.3 is 0 Å². The monoisotopic (exact) mass is 358 g/mol. The number of hydrogen-bond acceptors (Lipinski definition) is 3. The van der Waals surface area contributed by atoms with Crippen LogP contribution in [0.15, 0.2) is 47.3 Å². The highest BCUT2D eigenvalue weighted by Crippen LogP contribution is 2.24. The molecule has 0 spiro atoms. The number of hydrogen-bond donors (Lipinski definition) is 1. The Balaban J connectivity index is 0.00000182. The summed E-state index contributed by atoms with van der Waals surface area (Å²) in [5.74, 6) is 0. The summed E-state index contributed by atoms with van der Waals surface area (Å²) in [7, 11) is 0. The molecule has 1 saturated heterocycles. The molecule has 4 nitrogen and oxygen atoms in total. The van der Waals surface area contributed by atoms with Crippen LogP contribution in [0.3, 0.4) is 0 Å². The van der Waals surface area contributed by atoms with Crippen LogP contribution in [-0.4, -0.2) is 35.2 Å². The van der Waals surface area contributed by atoms with Crippen LogP contribution in [0, 0.1) is 0 Å². The minimum Gasteiger partial charge on any atom is -0.378 e. The number of ether oxygens (including phenoxy) is 1. The second-order valence-electron chi connectivity index (χ2n) is 6.79. The number of nitrogens with zero attached hydrogens (tertiary/aromatic N) is 1. The zero-order chi connectivity index (χ0) is 16.7. The Morgan fingerprint density at radius 2 is 1.72 bits per heavy atom. The maximum atomic E-state index is 12.3. The van der Waals surface area contributed by atoms with Crippen LogP contribution in [0.4, 0.5) is 0 Å². The molecule has 0 radical (unpaired) electrons. The molecule has 0 unspecified atom stereocenters. The second kappa shape index (κ2) is 7.16. The minimum absolute atomic E-state index is 0. The number of aromatic amines is 1. The van der Waals surface area contributed by atoms with E-state index in [1.54, 1.807) is 0 Å². The lowest BCUT2D eigenvalue weighted by Gasteiger charge is -2.38. The maximum Gasteiger partial charge on any atom is 0.256 e. The van der Waals surface area contributed by atoms with E-state index < -0.39 is 0 Å². The van der Waals surface area contributed by atoms with E-state index in [0.29, 0.717) is 12.1 Å². The summed E-state index contributed by atoms with van der Waals surface area (Å²) < 4.78 is 5.61. The lowest BCUT2D eigenvalue weighted by molar-refractivity contribution is -0.0409. The summed E-state index contributed by atoms with van der Waals surface area (Å²) in [5, 5.41) is 2.85. The van der Waals surface area contributed by atoms with Gasteiger partial charge in [-0.25, -0.2) is 0 Å². The van der Waals surface area contributed by atoms with Gasteiger partial charge < -0.3 is 9.72 Å². The van der Waals surface area contributed by atoms with Crippen molar-refractivity contribution in [1.29, 1.82) is 0 Å². The molecular formula is C20H23ClN2O2. The van der Waals surface area contributed by atoms with E-state index in [4.69, 9.17) is 4.74 Å². The Morgan fingerprint density at radius 1 is 1.04 bits per heavy atom. The first-order valence-electron chi connectivity index (χ1n) is 8.50. The van der Waals surface area contributed by atoms with Crippen LogP contribution in [0.25, 0.3) is 21.7 Å². The van der Waals surface area contributed by atoms with Crippen LogP contribution >= 0.6 is 12.4 Å². The van der Waals surface area contributed by atoms with Gasteiger partial charge in [-0.15, -0.1) is 12.4 Å². The average Bonchev–Trinajstić information content (AvgIpc) is 2.58. The number of fused-ring (bicyclic) bond motifs is 3. The largest absolute Gasteiger partial charge is 0.378 e. The summed E-state index contributed by atoms with van der Waals surface area (Å²) in [6.07, 6.45) is 0. The molecule has 1 aliphatic heterocycles. The van der Waals surface area contributed by atoms with Gasteiger partial charge in [-0.05, 0) is 36.9 Å². The van der Waals surface area contributed by atoms with Crippen LogP contribution in [0.2, 0.25) is 0 Å². The van der Waals surface area contributed by atoms with Crippen molar-refractivity contribution in [3.05, 3.63) is 58.4 Å². The van der Waals surface area contributed by atoms with E-state index in [1.165, 1.54) is 5.56 Å². The topological polar surface area (TPSA) is 45.3 Å². The first-order valence-corrected chi connectivity index (χ1v) is 8.50. The van der Waals surface area contributed by atoms with Crippen molar-refractivity contribution in [2.45, 2.75) is 32.5 Å². The van der Waals surface area contributed by atoms with Gasteiger partial charge in [0.15, 0.2) is 0 Å². The van der Waals surface area contributed by atoms with Crippen LogP contribution in [-0.2, 0) is 11.3 Å². The van der Waals surface area contributed by atoms with Crippen molar-refractivity contribution in [3.63, 3.8) is 0 Å². The maximum absolute atomic E-state index is 12.3. The predicted molar refractivity (Wildman–Crippen MR) is 105 cm³/mol. The number of rotatable bonds is 2. The minimum atomic E-state index is -0.0247. The molecule has 0 bridgehead atoms. The number of halogens is 1. The molecule has 2 heterocycles. The highest BCUT2D eigenvalue weighted by molar-refractivity contribution is 6.05. The second-order valence-corrected chi connectivity index (χ2v) is 6.79. The molecule has 0 saturated carbocycles. The fourth-order valence-electron chi connectivity index (χ4n) is 3.69. The summed E-state index contributed by atoms with van der Waals surface area (Å²) >= 11 is 0. The number of aromatic nitrogens is 1. The van der Waals surface area contributed by atoms with E-state index in [-0.39, 0.29) is 18.0 Å². The van der Waals surface area contributed by atoms with Crippen LogP contribution < -0.4 is 5.56 Å².